The van der Waals surface area contributed by atoms with Crippen molar-refractivity contribution in [3.05, 3.63) is 48.0 Å². The van der Waals surface area contributed by atoms with Crippen LogP contribution < -0.4 is 19.5 Å². The lowest BCUT2D eigenvalue weighted by molar-refractivity contribution is -0.116. The Morgan fingerprint density at radius 1 is 0.939 bits per heavy atom. The van der Waals surface area contributed by atoms with Crippen molar-refractivity contribution in [1.82, 2.24) is 9.21 Å². The summed E-state index contributed by atoms with van der Waals surface area (Å²) in [6, 6.07) is 12.5. The van der Waals surface area contributed by atoms with Crippen molar-refractivity contribution < 1.29 is 27.4 Å². The molecule has 9 nitrogen and oxygen atoms in total. The van der Waals surface area contributed by atoms with Crippen LogP contribution in [0.4, 0.5) is 5.69 Å². The second-order valence-corrected chi connectivity index (χ2v) is 9.66. The van der Waals surface area contributed by atoms with Crippen molar-refractivity contribution in [2.45, 2.75) is 12.2 Å². The average Bonchev–Trinajstić information content (AvgIpc) is 2.82. The van der Waals surface area contributed by atoms with E-state index in [1.54, 1.807) is 12.1 Å². The summed E-state index contributed by atoms with van der Waals surface area (Å²) >= 11 is 0. The number of piperazine rings is 1. The molecule has 1 saturated heterocycles. The molecule has 1 fully saturated rings. The zero-order chi connectivity index (χ0) is 23.8. The number of amides is 1. The molecule has 180 valence electrons. The molecule has 0 radical (unpaired) electrons. The fraction of sp³-hybridized carbons (Fsp3) is 0.435. The van der Waals surface area contributed by atoms with Crippen LogP contribution in [0.15, 0.2) is 42.5 Å². The van der Waals surface area contributed by atoms with Crippen LogP contribution >= 0.6 is 0 Å². The topological polar surface area (TPSA) is 97.4 Å². The lowest BCUT2D eigenvalue weighted by Crippen LogP contribution is -2.49. The maximum atomic E-state index is 12.7. The van der Waals surface area contributed by atoms with Gasteiger partial charge in [-0.2, -0.15) is 4.31 Å². The number of anilines is 1. The predicted octanol–water partition coefficient (Wildman–Crippen LogP) is 2.19. The smallest absolute Gasteiger partial charge is 0.225 e. The molecule has 1 heterocycles. The van der Waals surface area contributed by atoms with E-state index in [1.165, 1.54) is 25.6 Å². The maximum Gasteiger partial charge on any atom is 0.225 e. The summed E-state index contributed by atoms with van der Waals surface area (Å²) in [5, 5.41) is 2.86. The van der Waals surface area contributed by atoms with Gasteiger partial charge in [-0.1, -0.05) is 30.3 Å². The molecule has 1 N–H and O–H groups in total. The number of methoxy groups -OCH3 is 3. The molecule has 0 unspecified atom stereocenters. The quantitative estimate of drug-likeness (QED) is 0.560. The summed E-state index contributed by atoms with van der Waals surface area (Å²) in [6.45, 7) is 2.56. The molecular weight excluding hydrogens is 446 g/mol. The number of ether oxygens (including phenoxy) is 3. The number of carbonyl (C=O) groups excluding carboxylic acids is 1. The summed E-state index contributed by atoms with van der Waals surface area (Å²) in [6.07, 6.45) is 0.285. The standard InChI is InChI=1S/C23H31N3O6S/c1-30-20-15-19(16-21(31-2)23(20)32-3)24-22(27)9-10-25-11-13-26(14-12-25)33(28,29)17-18-7-5-4-6-8-18/h4-8,15-16H,9-14,17H2,1-3H3,(H,24,27). The van der Waals surface area contributed by atoms with E-state index in [1.807, 2.05) is 30.3 Å². The Kier molecular flexibility index (Phi) is 8.54. The first-order valence-electron chi connectivity index (χ1n) is 10.7. The van der Waals surface area contributed by atoms with Gasteiger partial charge in [-0.3, -0.25) is 4.79 Å². The van der Waals surface area contributed by atoms with Gasteiger partial charge in [-0.25, -0.2) is 8.42 Å². The van der Waals surface area contributed by atoms with E-state index in [0.29, 0.717) is 55.7 Å². The van der Waals surface area contributed by atoms with Gasteiger partial charge >= 0.3 is 0 Å². The van der Waals surface area contributed by atoms with E-state index in [-0.39, 0.29) is 18.1 Å². The third kappa shape index (κ3) is 6.59. The molecule has 1 amide bonds. The highest BCUT2D eigenvalue weighted by Crippen LogP contribution is 2.39. The van der Waals surface area contributed by atoms with Crippen LogP contribution in [0.2, 0.25) is 0 Å². The Bertz CT molecular complexity index is 1010. The summed E-state index contributed by atoms with van der Waals surface area (Å²) < 4.78 is 42.8. The number of nitrogens with one attached hydrogen (secondary N) is 1. The normalized spacial score (nSPS) is 15.1. The number of rotatable bonds is 10. The minimum absolute atomic E-state index is 0.00499. The third-order valence-electron chi connectivity index (χ3n) is 5.52. The fourth-order valence-electron chi connectivity index (χ4n) is 3.74. The highest BCUT2D eigenvalue weighted by Gasteiger charge is 2.27. The number of carbonyl (C=O) groups is 1. The molecule has 0 aliphatic carbocycles. The van der Waals surface area contributed by atoms with Crippen molar-refractivity contribution in [2.24, 2.45) is 0 Å². The van der Waals surface area contributed by atoms with E-state index in [4.69, 9.17) is 14.2 Å². The minimum atomic E-state index is -3.36. The molecule has 1 aliphatic rings. The molecule has 0 bridgehead atoms. The number of hydrogen-bond donors (Lipinski definition) is 1. The van der Waals surface area contributed by atoms with Gasteiger partial charge in [0.25, 0.3) is 0 Å². The van der Waals surface area contributed by atoms with Crippen molar-refractivity contribution in [1.29, 1.82) is 0 Å². The summed E-state index contributed by atoms with van der Waals surface area (Å²) in [7, 11) is 1.19. The predicted molar refractivity (Wildman–Crippen MR) is 126 cm³/mol. The van der Waals surface area contributed by atoms with Gasteiger partial charge in [0.05, 0.1) is 27.1 Å². The number of nitrogens with zero attached hydrogens (tertiary/aromatic N) is 2. The Morgan fingerprint density at radius 3 is 2.09 bits per heavy atom. The van der Waals surface area contributed by atoms with Crippen LogP contribution in [0.3, 0.4) is 0 Å². The first-order valence-corrected chi connectivity index (χ1v) is 12.3. The van der Waals surface area contributed by atoms with Gasteiger partial charge < -0.3 is 24.4 Å². The molecule has 0 saturated carbocycles. The van der Waals surface area contributed by atoms with Gasteiger partial charge in [0, 0.05) is 57.0 Å². The highest BCUT2D eigenvalue weighted by atomic mass is 32.2. The van der Waals surface area contributed by atoms with Crippen molar-refractivity contribution in [2.75, 3.05) is 59.4 Å². The molecule has 10 heteroatoms. The van der Waals surface area contributed by atoms with E-state index in [2.05, 4.69) is 10.2 Å². The summed E-state index contributed by atoms with van der Waals surface area (Å²) in [5.41, 5.74) is 1.33. The van der Waals surface area contributed by atoms with Gasteiger partial charge in [0.15, 0.2) is 11.5 Å². The Balaban J connectivity index is 1.48. The zero-order valence-corrected chi connectivity index (χ0v) is 20.1. The second-order valence-electron chi connectivity index (χ2n) is 7.69. The SMILES string of the molecule is COc1cc(NC(=O)CCN2CCN(S(=O)(=O)Cc3ccccc3)CC2)cc(OC)c1OC. The lowest BCUT2D eigenvalue weighted by atomic mass is 10.2. The van der Waals surface area contributed by atoms with Crippen LogP contribution in [-0.2, 0) is 20.6 Å². The first-order chi connectivity index (χ1) is 15.9. The first kappa shape index (κ1) is 24.8. The monoisotopic (exact) mass is 477 g/mol. The maximum absolute atomic E-state index is 12.7. The Hall–Kier alpha value is -2.82. The lowest BCUT2D eigenvalue weighted by Gasteiger charge is -2.33. The molecular formula is C23H31N3O6S. The third-order valence-corrected chi connectivity index (χ3v) is 7.37. The molecule has 2 aromatic rings. The largest absolute Gasteiger partial charge is 0.493 e. The highest BCUT2D eigenvalue weighted by molar-refractivity contribution is 7.88. The molecule has 0 atom stereocenters. The molecule has 1 aliphatic heterocycles. The fourth-order valence-corrected chi connectivity index (χ4v) is 5.26. The molecule has 0 aromatic heterocycles. The van der Waals surface area contributed by atoms with Crippen molar-refractivity contribution >= 4 is 21.6 Å². The van der Waals surface area contributed by atoms with E-state index in [9.17, 15) is 13.2 Å². The second kappa shape index (κ2) is 11.4. The van der Waals surface area contributed by atoms with Gasteiger partial charge in [-0.05, 0) is 5.56 Å². The Morgan fingerprint density at radius 2 is 1.55 bits per heavy atom. The van der Waals surface area contributed by atoms with E-state index >= 15 is 0 Å². The number of hydrogen-bond acceptors (Lipinski definition) is 7. The zero-order valence-electron chi connectivity index (χ0n) is 19.2. The van der Waals surface area contributed by atoms with Crippen LogP contribution in [0, 0.1) is 0 Å². The molecule has 33 heavy (non-hydrogen) atoms. The summed E-state index contributed by atoms with van der Waals surface area (Å²) in [4.78, 5) is 14.6. The van der Waals surface area contributed by atoms with Crippen molar-refractivity contribution in [3.8, 4) is 17.2 Å². The molecule has 0 spiro atoms. The van der Waals surface area contributed by atoms with Crippen LogP contribution in [0.1, 0.15) is 12.0 Å². The Labute approximate surface area is 195 Å². The van der Waals surface area contributed by atoms with Crippen LogP contribution in [0.25, 0.3) is 0 Å². The molecule has 3 rings (SSSR count). The number of sulfonamides is 1. The van der Waals surface area contributed by atoms with Gasteiger partial charge in [0.1, 0.15) is 0 Å². The minimum Gasteiger partial charge on any atom is -0.493 e. The van der Waals surface area contributed by atoms with Crippen LogP contribution in [-0.4, -0.2) is 77.6 Å². The van der Waals surface area contributed by atoms with Crippen molar-refractivity contribution in [3.63, 3.8) is 0 Å². The molecule has 2 aromatic carbocycles. The van der Waals surface area contributed by atoms with E-state index < -0.39 is 10.0 Å². The van der Waals surface area contributed by atoms with Crippen LogP contribution in [0.5, 0.6) is 17.2 Å². The van der Waals surface area contributed by atoms with E-state index in [0.717, 1.165) is 5.56 Å². The van der Waals surface area contributed by atoms with Gasteiger partial charge in [-0.15, -0.1) is 0 Å². The van der Waals surface area contributed by atoms with Gasteiger partial charge in [0.2, 0.25) is 21.7 Å². The number of benzene rings is 2. The summed E-state index contributed by atoms with van der Waals surface area (Å²) in [5.74, 6) is 1.23. The average molecular weight is 478 g/mol.